The van der Waals surface area contributed by atoms with E-state index in [0.717, 1.165) is 10.6 Å². The monoisotopic (exact) mass is 312 g/mol. The molecule has 0 aliphatic rings. The Hall–Kier alpha value is -2.04. The van der Waals surface area contributed by atoms with Gasteiger partial charge < -0.3 is 5.32 Å². The summed E-state index contributed by atoms with van der Waals surface area (Å²) in [6, 6.07) is 15.0. The van der Waals surface area contributed by atoms with Crippen LogP contribution in [-0.2, 0) is 13.1 Å². The molecule has 1 aromatic heterocycles. The number of aryl methyl sites for hydroxylation is 1. The maximum Gasteiger partial charge on any atom is 0.123 e. The second-order valence-electron chi connectivity index (χ2n) is 5.21. The highest BCUT2D eigenvalue weighted by Gasteiger charge is 2.04. The van der Waals surface area contributed by atoms with Gasteiger partial charge >= 0.3 is 0 Å². The Morgan fingerprint density at radius 2 is 1.73 bits per heavy atom. The maximum absolute atomic E-state index is 12.8. The molecule has 1 N–H and O–H groups in total. The van der Waals surface area contributed by atoms with E-state index in [9.17, 15) is 4.39 Å². The van der Waals surface area contributed by atoms with Gasteiger partial charge in [0.15, 0.2) is 0 Å². The van der Waals surface area contributed by atoms with E-state index in [1.165, 1.54) is 28.1 Å². The Kier molecular flexibility index (Phi) is 4.61. The number of hydrogen-bond donors (Lipinski definition) is 1. The van der Waals surface area contributed by atoms with Crippen LogP contribution in [0, 0.1) is 12.7 Å². The molecule has 3 rings (SSSR count). The van der Waals surface area contributed by atoms with Crippen LogP contribution in [0.1, 0.15) is 16.1 Å². The van der Waals surface area contributed by atoms with Gasteiger partial charge in [0.2, 0.25) is 0 Å². The summed E-state index contributed by atoms with van der Waals surface area (Å²) in [4.78, 5) is 5.64. The van der Waals surface area contributed by atoms with Crippen LogP contribution < -0.4 is 5.32 Å². The zero-order valence-electron chi connectivity index (χ0n) is 12.3. The van der Waals surface area contributed by atoms with E-state index in [4.69, 9.17) is 0 Å². The van der Waals surface area contributed by atoms with Gasteiger partial charge in [-0.1, -0.05) is 42.0 Å². The molecular formula is C18H17FN2S. The molecule has 0 amide bonds. The molecule has 0 spiro atoms. The van der Waals surface area contributed by atoms with Gasteiger partial charge in [0.1, 0.15) is 10.8 Å². The van der Waals surface area contributed by atoms with Gasteiger partial charge in [-0.15, -0.1) is 11.3 Å². The first-order valence-corrected chi connectivity index (χ1v) is 7.99. The lowest BCUT2D eigenvalue weighted by molar-refractivity contribution is 0.625. The molecule has 0 bridgehead atoms. The minimum absolute atomic E-state index is 0.202. The third kappa shape index (κ3) is 3.78. The SMILES string of the molecule is Cc1ccc(-c2cnc(CNCc3ccc(F)cc3)s2)cc1. The van der Waals surface area contributed by atoms with Crippen molar-refractivity contribution in [2.24, 2.45) is 0 Å². The maximum atomic E-state index is 12.8. The van der Waals surface area contributed by atoms with Crippen LogP contribution in [0.3, 0.4) is 0 Å². The molecule has 0 saturated heterocycles. The first kappa shape index (κ1) is 14.9. The van der Waals surface area contributed by atoms with E-state index in [-0.39, 0.29) is 5.82 Å². The number of benzene rings is 2. The summed E-state index contributed by atoms with van der Waals surface area (Å²) >= 11 is 1.70. The molecule has 0 radical (unpaired) electrons. The summed E-state index contributed by atoms with van der Waals surface area (Å²) in [7, 11) is 0. The third-order valence-corrected chi connectivity index (χ3v) is 4.45. The normalized spacial score (nSPS) is 10.8. The number of rotatable bonds is 5. The van der Waals surface area contributed by atoms with Crippen molar-refractivity contribution in [2.75, 3.05) is 0 Å². The molecular weight excluding hydrogens is 295 g/mol. The standard InChI is InChI=1S/C18H17FN2S/c1-13-2-6-15(7-3-13)17-11-21-18(22-17)12-20-10-14-4-8-16(19)9-5-14/h2-9,11,20H,10,12H2,1H3. The quantitative estimate of drug-likeness (QED) is 0.748. The zero-order chi connectivity index (χ0) is 15.4. The van der Waals surface area contributed by atoms with Gasteiger partial charge in [0, 0.05) is 19.3 Å². The lowest BCUT2D eigenvalue weighted by atomic mass is 10.1. The van der Waals surface area contributed by atoms with Crippen LogP contribution in [0.5, 0.6) is 0 Å². The Morgan fingerprint density at radius 3 is 2.45 bits per heavy atom. The molecule has 0 saturated carbocycles. The van der Waals surface area contributed by atoms with E-state index in [2.05, 4.69) is 41.5 Å². The highest BCUT2D eigenvalue weighted by molar-refractivity contribution is 7.15. The van der Waals surface area contributed by atoms with E-state index in [1.54, 1.807) is 23.5 Å². The molecule has 1 heterocycles. The van der Waals surface area contributed by atoms with Gasteiger partial charge in [0.05, 0.1) is 4.88 Å². The van der Waals surface area contributed by atoms with Crippen LogP contribution in [0.4, 0.5) is 4.39 Å². The lowest BCUT2D eigenvalue weighted by Gasteiger charge is -2.02. The fourth-order valence-electron chi connectivity index (χ4n) is 2.16. The Balaban J connectivity index is 1.57. The predicted molar refractivity (Wildman–Crippen MR) is 89.2 cm³/mol. The smallest absolute Gasteiger partial charge is 0.123 e. The molecule has 0 unspecified atom stereocenters. The Labute approximate surface area is 133 Å². The van der Waals surface area contributed by atoms with Crippen molar-refractivity contribution in [1.82, 2.24) is 10.3 Å². The lowest BCUT2D eigenvalue weighted by Crippen LogP contribution is -2.12. The number of halogens is 1. The summed E-state index contributed by atoms with van der Waals surface area (Å²) in [6.07, 6.45) is 1.92. The van der Waals surface area contributed by atoms with E-state index < -0.39 is 0 Å². The zero-order valence-corrected chi connectivity index (χ0v) is 13.2. The number of nitrogens with one attached hydrogen (secondary N) is 1. The van der Waals surface area contributed by atoms with Crippen molar-refractivity contribution in [3.05, 3.63) is 76.7 Å². The summed E-state index contributed by atoms with van der Waals surface area (Å²) < 4.78 is 12.8. The van der Waals surface area contributed by atoms with E-state index in [0.29, 0.717) is 13.1 Å². The molecule has 0 atom stereocenters. The molecule has 0 fully saturated rings. The first-order chi connectivity index (χ1) is 10.7. The van der Waals surface area contributed by atoms with Gasteiger partial charge in [0.25, 0.3) is 0 Å². The fourth-order valence-corrected chi connectivity index (χ4v) is 3.05. The van der Waals surface area contributed by atoms with Gasteiger partial charge in [-0.25, -0.2) is 9.37 Å². The van der Waals surface area contributed by atoms with Gasteiger partial charge in [-0.05, 0) is 30.2 Å². The van der Waals surface area contributed by atoms with Crippen LogP contribution in [-0.4, -0.2) is 4.98 Å². The Morgan fingerprint density at radius 1 is 1.00 bits per heavy atom. The third-order valence-electron chi connectivity index (χ3n) is 3.41. The van der Waals surface area contributed by atoms with Crippen molar-refractivity contribution < 1.29 is 4.39 Å². The summed E-state index contributed by atoms with van der Waals surface area (Å²) in [5.74, 6) is -0.202. The highest BCUT2D eigenvalue weighted by Crippen LogP contribution is 2.26. The molecule has 22 heavy (non-hydrogen) atoms. The molecule has 0 aliphatic heterocycles. The largest absolute Gasteiger partial charge is 0.306 e. The molecule has 3 aromatic rings. The average molecular weight is 312 g/mol. The van der Waals surface area contributed by atoms with E-state index in [1.807, 2.05) is 6.20 Å². The van der Waals surface area contributed by atoms with Crippen LogP contribution in [0.2, 0.25) is 0 Å². The van der Waals surface area contributed by atoms with Crippen molar-refractivity contribution >= 4 is 11.3 Å². The number of hydrogen-bond acceptors (Lipinski definition) is 3. The molecule has 2 aromatic carbocycles. The van der Waals surface area contributed by atoms with Crippen LogP contribution in [0.25, 0.3) is 10.4 Å². The van der Waals surface area contributed by atoms with Crippen molar-refractivity contribution in [1.29, 1.82) is 0 Å². The Bertz CT molecular complexity index is 733. The number of aromatic nitrogens is 1. The van der Waals surface area contributed by atoms with Crippen LogP contribution >= 0.6 is 11.3 Å². The minimum Gasteiger partial charge on any atom is -0.306 e. The molecule has 4 heteroatoms. The summed E-state index contributed by atoms with van der Waals surface area (Å²) in [5.41, 5.74) is 3.53. The second kappa shape index (κ2) is 6.81. The van der Waals surface area contributed by atoms with Crippen molar-refractivity contribution in [3.8, 4) is 10.4 Å². The predicted octanol–water partition coefficient (Wildman–Crippen LogP) is 4.55. The van der Waals surface area contributed by atoms with E-state index >= 15 is 0 Å². The molecule has 112 valence electrons. The van der Waals surface area contributed by atoms with Gasteiger partial charge in [-0.2, -0.15) is 0 Å². The summed E-state index contributed by atoms with van der Waals surface area (Å²) in [5, 5.41) is 4.39. The fraction of sp³-hybridized carbons (Fsp3) is 0.167. The molecule has 2 nitrogen and oxygen atoms in total. The minimum atomic E-state index is -0.202. The second-order valence-corrected chi connectivity index (χ2v) is 6.33. The average Bonchev–Trinajstić information content (AvgIpc) is 2.99. The topological polar surface area (TPSA) is 24.9 Å². The number of thiazole rings is 1. The molecule has 0 aliphatic carbocycles. The number of nitrogens with zero attached hydrogens (tertiary/aromatic N) is 1. The van der Waals surface area contributed by atoms with Crippen molar-refractivity contribution in [2.45, 2.75) is 20.0 Å². The van der Waals surface area contributed by atoms with Crippen LogP contribution in [0.15, 0.2) is 54.7 Å². The van der Waals surface area contributed by atoms with Gasteiger partial charge in [-0.3, -0.25) is 0 Å². The van der Waals surface area contributed by atoms with Crippen molar-refractivity contribution in [3.63, 3.8) is 0 Å². The first-order valence-electron chi connectivity index (χ1n) is 7.17. The highest BCUT2D eigenvalue weighted by atomic mass is 32.1. The summed E-state index contributed by atoms with van der Waals surface area (Å²) in [6.45, 7) is 3.51.